The predicted octanol–water partition coefficient (Wildman–Crippen LogP) is 2.86. The fourth-order valence-electron chi connectivity index (χ4n) is 2.27. The number of aldehydes is 1. The van der Waals surface area contributed by atoms with Crippen molar-refractivity contribution in [3.8, 4) is 6.07 Å². The fourth-order valence-corrected chi connectivity index (χ4v) is 2.27. The Morgan fingerprint density at radius 3 is 2.75 bits per heavy atom. The lowest BCUT2D eigenvalue weighted by Crippen LogP contribution is -2.24. The lowest BCUT2D eigenvalue weighted by atomic mass is 9.86. The Morgan fingerprint density at radius 1 is 1.45 bits per heavy atom. The Balaban J connectivity index is 0.000000178. The highest BCUT2D eigenvalue weighted by atomic mass is 16.1. The minimum Gasteiger partial charge on any atom is -0.352 e. The second kappa shape index (κ2) is 6.88. The molecule has 1 saturated carbocycles. The third kappa shape index (κ3) is 3.46. The Hall–Kier alpha value is -2.12. The Morgan fingerprint density at radius 2 is 2.25 bits per heavy atom. The van der Waals surface area contributed by atoms with Gasteiger partial charge in [-0.3, -0.25) is 4.79 Å². The lowest BCUT2D eigenvalue weighted by Gasteiger charge is -2.24. The third-order valence-corrected chi connectivity index (χ3v) is 3.62. The minimum absolute atomic E-state index is 0.532. The van der Waals surface area contributed by atoms with Gasteiger partial charge in [-0.15, -0.1) is 0 Å². The molecule has 0 amide bonds. The highest BCUT2D eigenvalue weighted by molar-refractivity contribution is 5.88. The van der Waals surface area contributed by atoms with E-state index in [0.717, 1.165) is 23.1 Å². The molecule has 0 saturated heterocycles. The molecule has 0 unspecified atom stereocenters. The highest BCUT2D eigenvalue weighted by Gasteiger charge is 2.15. The van der Waals surface area contributed by atoms with Gasteiger partial charge in [0.2, 0.25) is 0 Å². The Bertz CT molecular complexity index is 620. The topological polar surface area (TPSA) is 68.7 Å². The second-order valence-electron chi connectivity index (χ2n) is 5.11. The number of nitriles is 1. The molecule has 104 valence electrons. The molecule has 0 atom stereocenters. The summed E-state index contributed by atoms with van der Waals surface area (Å²) < 4.78 is 0. The molecule has 1 aromatic heterocycles. The van der Waals surface area contributed by atoms with E-state index in [0.29, 0.717) is 11.3 Å². The van der Waals surface area contributed by atoms with Crippen LogP contribution in [0.1, 0.15) is 35.3 Å². The number of benzene rings is 1. The number of fused-ring (bicyclic) bond motifs is 1. The summed E-state index contributed by atoms with van der Waals surface area (Å²) in [5.74, 6) is 1.02. The van der Waals surface area contributed by atoms with E-state index in [1.165, 1.54) is 25.8 Å². The van der Waals surface area contributed by atoms with Crippen LogP contribution in [-0.4, -0.2) is 24.9 Å². The number of hydrogen-bond acceptors (Lipinski definition) is 3. The molecular formula is C16H19N3O. The zero-order chi connectivity index (χ0) is 14.4. The molecule has 2 aromatic rings. The number of rotatable bonds is 3. The van der Waals surface area contributed by atoms with Crippen LogP contribution in [0.25, 0.3) is 10.9 Å². The van der Waals surface area contributed by atoms with Gasteiger partial charge in [0.15, 0.2) is 6.29 Å². The first kappa shape index (κ1) is 14.3. The number of hydrogen-bond donors (Lipinski definition) is 2. The standard InChI is InChI=1S/C10H6N2O.C6H13N/c11-5-7-1-2-8-4-9(6-13)12-10(8)3-7;1-7-5-6-3-2-4-6/h1-4,6,12H;6-7H,2-5H2,1H3. The van der Waals surface area contributed by atoms with Gasteiger partial charge in [0.25, 0.3) is 0 Å². The molecular weight excluding hydrogens is 250 g/mol. The molecule has 2 N–H and O–H groups in total. The third-order valence-electron chi connectivity index (χ3n) is 3.62. The predicted molar refractivity (Wildman–Crippen MR) is 79.7 cm³/mol. The van der Waals surface area contributed by atoms with Gasteiger partial charge in [0, 0.05) is 10.9 Å². The monoisotopic (exact) mass is 269 g/mol. The van der Waals surface area contributed by atoms with E-state index in [-0.39, 0.29) is 0 Å². The van der Waals surface area contributed by atoms with Gasteiger partial charge in [0.05, 0.1) is 17.3 Å². The number of nitrogens with zero attached hydrogens (tertiary/aromatic N) is 1. The quantitative estimate of drug-likeness (QED) is 0.842. The van der Waals surface area contributed by atoms with Crippen LogP contribution in [0.5, 0.6) is 0 Å². The van der Waals surface area contributed by atoms with Gasteiger partial charge in [0.1, 0.15) is 0 Å². The number of H-pyrrole nitrogens is 1. The SMILES string of the molecule is CNCC1CCC1.N#Cc1ccc2cc(C=O)[nH]c2c1. The van der Waals surface area contributed by atoms with Crippen molar-refractivity contribution in [2.75, 3.05) is 13.6 Å². The maximum atomic E-state index is 10.4. The van der Waals surface area contributed by atoms with Gasteiger partial charge in [-0.2, -0.15) is 5.26 Å². The van der Waals surface area contributed by atoms with Crippen molar-refractivity contribution in [2.24, 2.45) is 5.92 Å². The summed E-state index contributed by atoms with van der Waals surface area (Å²) in [5.41, 5.74) is 1.94. The maximum absolute atomic E-state index is 10.4. The molecule has 0 spiro atoms. The van der Waals surface area contributed by atoms with E-state index in [1.54, 1.807) is 18.2 Å². The van der Waals surface area contributed by atoms with Crippen LogP contribution in [0.15, 0.2) is 24.3 Å². The number of nitrogens with one attached hydrogen (secondary N) is 2. The molecule has 3 rings (SSSR count). The molecule has 20 heavy (non-hydrogen) atoms. The van der Waals surface area contributed by atoms with E-state index in [9.17, 15) is 4.79 Å². The van der Waals surface area contributed by atoms with Gasteiger partial charge < -0.3 is 10.3 Å². The lowest BCUT2D eigenvalue weighted by molar-refractivity contribution is 0.112. The van der Waals surface area contributed by atoms with Crippen molar-refractivity contribution in [3.63, 3.8) is 0 Å². The second-order valence-corrected chi connectivity index (χ2v) is 5.11. The molecule has 0 aliphatic heterocycles. The normalized spacial score (nSPS) is 14.0. The minimum atomic E-state index is 0.532. The largest absolute Gasteiger partial charge is 0.352 e. The number of aromatic amines is 1. The van der Waals surface area contributed by atoms with Crippen molar-refractivity contribution in [3.05, 3.63) is 35.5 Å². The van der Waals surface area contributed by atoms with Crippen LogP contribution in [0.3, 0.4) is 0 Å². The van der Waals surface area contributed by atoms with Crippen LogP contribution in [0.4, 0.5) is 0 Å². The molecule has 0 bridgehead atoms. The van der Waals surface area contributed by atoms with Crippen LogP contribution < -0.4 is 5.32 Å². The van der Waals surface area contributed by atoms with Crippen LogP contribution >= 0.6 is 0 Å². The molecule has 0 radical (unpaired) electrons. The number of carbonyl (C=O) groups excluding carboxylic acids is 1. The summed E-state index contributed by atoms with van der Waals surface area (Å²) in [7, 11) is 2.03. The van der Waals surface area contributed by atoms with Crippen molar-refractivity contribution >= 4 is 17.2 Å². The summed E-state index contributed by atoms with van der Waals surface area (Å²) in [4.78, 5) is 13.3. The molecule has 1 aliphatic carbocycles. The van der Waals surface area contributed by atoms with Crippen molar-refractivity contribution in [2.45, 2.75) is 19.3 Å². The van der Waals surface area contributed by atoms with Crippen molar-refractivity contribution in [1.82, 2.24) is 10.3 Å². The summed E-state index contributed by atoms with van der Waals surface area (Å²) in [6.07, 6.45) is 5.14. The van der Waals surface area contributed by atoms with Gasteiger partial charge in [-0.25, -0.2) is 0 Å². The summed E-state index contributed by atoms with van der Waals surface area (Å²) in [6.45, 7) is 1.24. The molecule has 1 aromatic carbocycles. The van der Waals surface area contributed by atoms with E-state index < -0.39 is 0 Å². The van der Waals surface area contributed by atoms with Gasteiger partial charge in [-0.1, -0.05) is 12.5 Å². The number of aromatic nitrogens is 1. The Labute approximate surface area is 118 Å². The molecule has 1 aliphatic rings. The molecule has 4 nitrogen and oxygen atoms in total. The molecule has 1 fully saturated rings. The van der Waals surface area contributed by atoms with Crippen LogP contribution in [0, 0.1) is 17.2 Å². The van der Waals surface area contributed by atoms with Gasteiger partial charge in [-0.05, 0) is 50.6 Å². The van der Waals surface area contributed by atoms with E-state index in [4.69, 9.17) is 5.26 Å². The van der Waals surface area contributed by atoms with Crippen molar-refractivity contribution in [1.29, 1.82) is 5.26 Å². The molecule has 4 heteroatoms. The number of carbonyl (C=O) groups is 1. The van der Waals surface area contributed by atoms with E-state index in [2.05, 4.69) is 10.3 Å². The first-order valence-corrected chi connectivity index (χ1v) is 6.89. The first-order valence-electron chi connectivity index (χ1n) is 6.89. The summed E-state index contributed by atoms with van der Waals surface area (Å²) in [5, 5.41) is 12.7. The van der Waals surface area contributed by atoms with Crippen LogP contribution in [-0.2, 0) is 0 Å². The van der Waals surface area contributed by atoms with Gasteiger partial charge >= 0.3 is 0 Å². The van der Waals surface area contributed by atoms with Crippen LogP contribution in [0.2, 0.25) is 0 Å². The maximum Gasteiger partial charge on any atom is 0.166 e. The first-order chi connectivity index (χ1) is 9.76. The van der Waals surface area contributed by atoms with Crippen molar-refractivity contribution < 1.29 is 4.79 Å². The highest BCUT2D eigenvalue weighted by Crippen LogP contribution is 2.24. The average molecular weight is 269 g/mol. The zero-order valence-electron chi connectivity index (χ0n) is 11.6. The summed E-state index contributed by atoms with van der Waals surface area (Å²) in [6, 6.07) is 9.06. The average Bonchev–Trinajstić information content (AvgIpc) is 2.85. The molecule has 1 heterocycles. The van der Waals surface area contributed by atoms with E-state index in [1.807, 2.05) is 19.2 Å². The fraction of sp³-hybridized carbons (Fsp3) is 0.375. The smallest absolute Gasteiger partial charge is 0.166 e. The Kier molecular flexibility index (Phi) is 4.91. The zero-order valence-corrected chi connectivity index (χ0v) is 11.6. The van der Waals surface area contributed by atoms with E-state index >= 15 is 0 Å². The summed E-state index contributed by atoms with van der Waals surface area (Å²) >= 11 is 0.